The van der Waals surface area contributed by atoms with Crippen LogP contribution in [-0.2, 0) is 0 Å². The fourth-order valence-electron chi connectivity index (χ4n) is 1.54. The van der Waals surface area contributed by atoms with E-state index in [0.717, 1.165) is 0 Å². The molecule has 0 amide bonds. The normalized spacial score (nSPS) is 11.2. The summed E-state index contributed by atoms with van der Waals surface area (Å²) in [4.78, 5) is 20.2. The molecule has 0 unspecified atom stereocenters. The Hall–Kier alpha value is -1.69. The van der Waals surface area contributed by atoms with E-state index in [-0.39, 0.29) is 17.5 Å². The Kier molecular flexibility index (Phi) is 4.61. The summed E-state index contributed by atoms with van der Waals surface area (Å²) in [5, 5.41) is 10.2. The smallest absolute Gasteiger partial charge is 0.246 e. The van der Waals surface area contributed by atoms with Crippen LogP contribution in [0.1, 0.15) is 37.2 Å². The van der Waals surface area contributed by atoms with Gasteiger partial charge >= 0.3 is 0 Å². The Bertz CT molecular complexity index is 430. The van der Waals surface area contributed by atoms with E-state index in [2.05, 4.69) is 9.97 Å². The van der Waals surface area contributed by atoms with E-state index in [1.54, 1.807) is 13.8 Å². The van der Waals surface area contributed by atoms with Gasteiger partial charge in [-0.15, -0.1) is 0 Å². The van der Waals surface area contributed by atoms with Gasteiger partial charge in [-0.1, -0.05) is 13.8 Å². The minimum absolute atomic E-state index is 0.0181. The van der Waals surface area contributed by atoms with Crippen LogP contribution < -0.4 is 9.47 Å². The fraction of sp³-hybridized carbons (Fsp3) is 0.583. The first-order chi connectivity index (χ1) is 8.52. The van der Waals surface area contributed by atoms with Gasteiger partial charge < -0.3 is 14.6 Å². The summed E-state index contributed by atoms with van der Waals surface area (Å²) in [5.74, 6) is -0.181. The number of rotatable bonds is 6. The van der Waals surface area contributed by atoms with Gasteiger partial charge in [0.15, 0.2) is 5.69 Å². The van der Waals surface area contributed by atoms with E-state index in [1.165, 1.54) is 20.4 Å². The molecule has 100 valence electrons. The number of Topliss-reactive ketones (excluding diaryl/α,β-unsaturated/α-hetero) is 1. The zero-order valence-corrected chi connectivity index (χ0v) is 11.1. The number of nitrogens with zero attached hydrogens (tertiary/aromatic N) is 2. The van der Waals surface area contributed by atoms with Crippen LogP contribution in [0.3, 0.4) is 0 Å². The molecule has 0 saturated carbocycles. The molecular weight excluding hydrogens is 236 g/mol. The number of methoxy groups -OCH3 is 2. The molecule has 1 rings (SSSR count). The van der Waals surface area contributed by atoms with Gasteiger partial charge in [0.2, 0.25) is 17.5 Å². The molecule has 0 atom stereocenters. The van der Waals surface area contributed by atoms with Gasteiger partial charge in [0.1, 0.15) is 5.60 Å². The largest absolute Gasteiger partial charge is 0.480 e. The molecule has 0 spiro atoms. The van der Waals surface area contributed by atoms with Gasteiger partial charge in [-0.05, 0) is 12.8 Å². The maximum Gasteiger partial charge on any atom is 0.246 e. The number of carbonyl (C=O) groups is 1. The molecular formula is C12H18N2O4. The predicted octanol–water partition coefficient (Wildman–Crippen LogP) is 1.23. The second-order valence-electron chi connectivity index (χ2n) is 3.84. The number of hydrogen-bond acceptors (Lipinski definition) is 6. The zero-order chi connectivity index (χ0) is 13.8. The summed E-state index contributed by atoms with van der Waals surface area (Å²) in [6, 6.07) is 0. The molecule has 0 aliphatic carbocycles. The average molecular weight is 254 g/mol. The molecule has 1 aromatic heterocycles. The van der Waals surface area contributed by atoms with Crippen LogP contribution in [0.15, 0.2) is 6.20 Å². The fourth-order valence-corrected chi connectivity index (χ4v) is 1.54. The molecule has 1 heterocycles. The second-order valence-corrected chi connectivity index (χ2v) is 3.84. The first-order valence-electron chi connectivity index (χ1n) is 5.74. The number of hydrogen-bond donors (Lipinski definition) is 1. The molecule has 0 fully saturated rings. The maximum absolute atomic E-state index is 12.2. The van der Waals surface area contributed by atoms with Gasteiger partial charge in [0, 0.05) is 0 Å². The van der Waals surface area contributed by atoms with Crippen molar-refractivity contribution < 1.29 is 19.4 Å². The van der Waals surface area contributed by atoms with Crippen LogP contribution in [0.4, 0.5) is 0 Å². The van der Waals surface area contributed by atoms with Gasteiger partial charge in [0.05, 0.1) is 20.4 Å². The lowest BCUT2D eigenvalue weighted by Crippen LogP contribution is -2.38. The van der Waals surface area contributed by atoms with Crippen LogP contribution >= 0.6 is 0 Å². The molecule has 0 saturated heterocycles. The molecule has 6 nitrogen and oxygen atoms in total. The van der Waals surface area contributed by atoms with Crippen LogP contribution in [0.2, 0.25) is 0 Å². The first-order valence-corrected chi connectivity index (χ1v) is 5.74. The Morgan fingerprint density at radius 1 is 1.33 bits per heavy atom. The third kappa shape index (κ3) is 2.59. The number of aromatic nitrogens is 2. The predicted molar refractivity (Wildman–Crippen MR) is 65.0 cm³/mol. The van der Waals surface area contributed by atoms with Crippen molar-refractivity contribution in [2.75, 3.05) is 14.2 Å². The zero-order valence-electron chi connectivity index (χ0n) is 11.1. The topological polar surface area (TPSA) is 81.5 Å². The highest BCUT2D eigenvalue weighted by atomic mass is 16.5. The summed E-state index contributed by atoms with van der Waals surface area (Å²) >= 11 is 0. The van der Waals surface area contributed by atoms with Gasteiger partial charge in [-0.25, -0.2) is 4.98 Å². The van der Waals surface area contributed by atoms with Crippen LogP contribution in [0.5, 0.6) is 11.8 Å². The summed E-state index contributed by atoms with van der Waals surface area (Å²) in [6.07, 6.45) is 1.93. The highest BCUT2D eigenvalue weighted by molar-refractivity contribution is 6.02. The lowest BCUT2D eigenvalue weighted by Gasteiger charge is -2.23. The molecule has 6 heteroatoms. The van der Waals surface area contributed by atoms with E-state index in [4.69, 9.17) is 9.47 Å². The van der Waals surface area contributed by atoms with Gasteiger partial charge in [-0.2, -0.15) is 4.98 Å². The average Bonchev–Trinajstić information content (AvgIpc) is 2.44. The van der Waals surface area contributed by atoms with E-state index < -0.39 is 11.4 Å². The summed E-state index contributed by atoms with van der Waals surface area (Å²) < 4.78 is 9.91. The van der Waals surface area contributed by atoms with Crippen molar-refractivity contribution in [3.63, 3.8) is 0 Å². The molecule has 1 N–H and O–H groups in total. The van der Waals surface area contributed by atoms with Crippen molar-refractivity contribution in [2.24, 2.45) is 0 Å². The lowest BCUT2D eigenvalue weighted by atomic mass is 9.90. The van der Waals surface area contributed by atoms with E-state index in [9.17, 15) is 9.90 Å². The summed E-state index contributed by atoms with van der Waals surface area (Å²) in [7, 11) is 2.83. The minimum atomic E-state index is -1.43. The third-order valence-electron chi connectivity index (χ3n) is 2.93. The van der Waals surface area contributed by atoms with E-state index >= 15 is 0 Å². The maximum atomic E-state index is 12.2. The molecule has 18 heavy (non-hydrogen) atoms. The number of carbonyl (C=O) groups excluding carboxylic acids is 1. The number of ether oxygens (including phenoxy) is 2. The summed E-state index contributed by atoms with van der Waals surface area (Å²) in [6.45, 7) is 3.48. The highest BCUT2D eigenvalue weighted by Gasteiger charge is 2.36. The summed E-state index contributed by atoms with van der Waals surface area (Å²) in [5.41, 5.74) is -1.42. The number of aliphatic hydroxyl groups is 1. The minimum Gasteiger partial charge on any atom is -0.480 e. The first kappa shape index (κ1) is 14.4. The van der Waals surface area contributed by atoms with Crippen molar-refractivity contribution in [2.45, 2.75) is 32.3 Å². The van der Waals surface area contributed by atoms with E-state index in [0.29, 0.717) is 12.8 Å². The van der Waals surface area contributed by atoms with Crippen LogP contribution in [0, 0.1) is 0 Å². The van der Waals surface area contributed by atoms with E-state index in [1.807, 2.05) is 0 Å². The van der Waals surface area contributed by atoms with Crippen molar-refractivity contribution in [3.8, 4) is 11.8 Å². The Balaban J connectivity index is 3.20. The van der Waals surface area contributed by atoms with Crippen molar-refractivity contribution in [1.29, 1.82) is 0 Å². The lowest BCUT2D eigenvalue weighted by molar-refractivity contribution is 0.0268. The van der Waals surface area contributed by atoms with Gasteiger partial charge in [0.25, 0.3) is 0 Å². The Morgan fingerprint density at radius 3 is 2.39 bits per heavy atom. The monoisotopic (exact) mass is 254 g/mol. The molecule has 0 bridgehead atoms. The number of ketones is 1. The third-order valence-corrected chi connectivity index (χ3v) is 2.93. The Morgan fingerprint density at radius 2 is 1.94 bits per heavy atom. The highest BCUT2D eigenvalue weighted by Crippen LogP contribution is 2.25. The second kappa shape index (κ2) is 5.77. The quantitative estimate of drug-likeness (QED) is 0.769. The molecule has 0 aromatic carbocycles. The van der Waals surface area contributed by atoms with Crippen LogP contribution in [0.25, 0.3) is 0 Å². The molecule has 1 aromatic rings. The van der Waals surface area contributed by atoms with Crippen molar-refractivity contribution >= 4 is 5.78 Å². The molecule has 0 aliphatic rings. The van der Waals surface area contributed by atoms with Crippen molar-refractivity contribution in [1.82, 2.24) is 9.97 Å². The van der Waals surface area contributed by atoms with Crippen molar-refractivity contribution in [3.05, 3.63) is 11.9 Å². The SMILES string of the molecule is CCC(O)(CC)C(=O)c1ncc(OC)nc1OC. The Labute approximate surface area is 106 Å². The van der Waals surface area contributed by atoms with Gasteiger partial charge in [-0.3, -0.25) is 4.79 Å². The van der Waals surface area contributed by atoms with Crippen LogP contribution in [-0.4, -0.2) is 40.7 Å². The molecule has 0 radical (unpaired) electrons. The standard InChI is InChI=1S/C12H18N2O4/c1-5-12(16,6-2)10(15)9-11(18-4)14-8(17-3)7-13-9/h7,16H,5-6H2,1-4H3. The molecule has 0 aliphatic heterocycles.